The standard InChI is InChI=1S/C26H36N4O4S/c1-3-15-28(16-4-2)23(32)19-30-21-14-18-35-24(21)25(33)29(26(30)34)17-10-6-9-13-22(31)27-20-11-7-5-8-12-20/h5,7-8,11-12,14,18,21,24H,3-4,6,9-10,13,15-17,19H2,1-2H3,(H,27,31). The van der Waals surface area contributed by atoms with Crippen LogP contribution < -0.4 is 5.32 Å². The molecule has 0 spiro atoms. The van der Waals surface area contributed by atoms with Crippen molar-refractivity contribution in [2.75, 3.05) is 31.5 Å². The molecule has 0 saturated carbocycles. The molecular weight excluding hydrogens is 464 g/mol. The number of hydrogen-bond donors (Lipinski definition) is 1. The van der Waals surface area contributed by atoms with Crippen LogP contribution in [0.25, 0.3) is 0 Å². The van der Waals surface area contributed by atoms with Crippen LogP contribution in [-0.4, -0.2) is 75.9 Å². The van der Waals surface area contributed by atoms with E-state index in [1.807, 2.05) is 55.7 Å². The molecule has 2 atom stereocenters. The monoisotopic (exact) mass is 500 g/mol. The Hall–Kier alpha value is -2.81. The number of fused-ring (bicyclic) bond motifs is 1. The van der Waals surface area contributed by atoms with E-state index >= 15 is 0 Å². The van der Waals surface area contributed by atoms with Gasteiger partial charge < -0.3 is 15.1 Å². The Morgan fingerprint density at radius 3 is 2.43 bits per heavy atom. The highest BCUT2D eigenvalue weighted by Crippen LogP contribution is 2.34. The van der Waals surface area contributed by atoms with Crippen LogP contribution in [-0.2, 0) is 14.4 Å². The van der Waals surface area contributed by atoms with Crippen molar-refractivity contribution in [3.8, 4) is 0 Å². The first kappa shape index (κ1) is 26.8. The number of nitrogens with zero attached hydrogens (tertiary/aromatic N) is 3. The summed E-state index contributed by atoms with van der Waals surface area (Å²) in [4.78, 5) is 56.0. The van der Waals surface area contributed by atoms with Gasteiger partial charge in [0.1, 0.15) is 11.8 Å². The molecule has 3 rings (SSSR count). The van der Waals surface area contributed by atoms with Crippen molar-refractivity contribution in [1.82, 2.24) is 14.7 Å². The Kier molecular flexibility index (Phi) is 10.2. The molecule has 1 fully saturated rings. The average Bonchev–Trinajstić information content (AvgIpc) is 3.34. The summed E-state index contributed by atoms with van der Waals surface area (Å²) in [7, 11) is 0. The quantitative estimate of drug-likeness (QED) is 0.412. The number of imide groups is 1. The van der Waals surface area contributed by atoms with Crippen molar-refractivity contribution in [2.24, 2.45) is 0 Å². The maximum absolute atomic E-state index is 13.3. The van der Waals surface area contributed by atoms with E-state index in [1.54, 1.807) is 9.80 Å². The minimum absolute atomic E-state index is 0.0195. The summed E-state index contributed by atoms with van der Waals surface area (Å²) in [6, 6.07) is 8.53. The van der Waals surface area contributed by atoms with Gasteiger partial charge in [0, 0.05) is 31.7 Å². The number of para-hydroxylation sites is 1. The molecule has 35 heavy (non-hydrogen) atoms. The van der Waals surface area contributed by atoms with Crippen LogP contribution in [0.4, 0.5) is 10.5 Å². The zero-order valence-electron chi connectivity index (χ0n) is 20.7. The van der Waals surface area contributed by atoms with Gasteiger partial charge in [-0.1, -0.05) is 44.5 Å². The van der Waals surface area contributed by atoms with Crippen LogP contribution in [0.1, 0.15) is 52.4 Å². The molecule has 1 aromatic carbocycles. The molecule has 2 unspecified atom stereocenters. The first-order valence-corrected chi connectivity index (χ1v) is 13.5. The number of unbranched alkanes of at least 4 members (excludes halogenated alkanes) is 2. The Morgan fingerprint density at radius 1 is 1.03 bits per heavy atom. The van der Waals surface area contributed by atoms with Crippen LogP contribution in [0.5, 0.6) is 0 Å². The number of amides is 5. The molecule has 190 valence electrons. The second-order valence-electron chi connectivity index (χ2n) is 8.88. The summed E-state index contributed by atoms with van der Waals surface area (Å²) in [6.45, 7) is 5.65. The van der Waals surface area contributed by atoms with Crippen LogP contribution in [0.2, 0.25) is 0 Å². The normalized spacial score (nSPS) is 19.1. The fourth-order valence-corrected chi connectivity index (χ4v) is 5.46. The van der Waals surface area contributed by atoms with Gasteiger partial charge in [0.05, 0.1) is 6.04 Å². The zero-order valence-corrected chi connectivity index (χ0v) is 21.5. The zero-order chi connectivity index (χ0) is 25.2. The maximum atomic E-state index is 13.3. The lowest BCUT2D eigenvalue weighted by molar-refractivity contribution is -0.136. The summed E-state index contributed by atoms with van der Waals surface area (Å²) in [5, 5.41) is 4.31. The fourth-order valence-electron chi connectivity index (χ4n) is 4.40. The third-order valence-electron chi connectivity index (χ3n) is 6.15. The highest BCUT2D eigenvalue weighted by molar-refractivity contribution is 8.03. The van der Waals surface area contributed by atoms with Crippen molar-refractivity contribution in [3.63, 3.8) is 0 Å². The smallest absolute Gasteiger partial charge is 0.327 e. The van der Waals surface area contributed by atoms with Gasteiger partial charge in [-0.2, -0.15) is 0 Å². The number of anilines is 1. The van der Waals surface area contributed by atoms with Gasteiger partial charge in [-0.15, -0.1) is 11.8 Å². The second-order valence-corrected chi connectivity index (χ2v) is 9.93. The van der Waals surface area contributed by atoms with E-state index in [2.05, 4.69) is 5.32 Å². The third kappa shape index (κ3) is 7.10. The Bertz CT molecular complexity index is 917. The van der Waals surface area contributed by atoms with E-state index in [1.165, 1.54) is 16.7 Å². The molecule has 9 heteroatoms. The highest BCUT2D eigenvalue weighted by atomic mass is 32.2. The lowest BCUT2D eigenvalue weighted by Crippen LogP contribution is -2.63. The molecule has 0 aromatic heterocycles. The molecule has 2 aliphatic rings. The number of carbonyl (C=O) groups excluding carboxylic acids is 4. The van der Waals surface area contributed by atoms with Crippen LogP contribution >= 0.6 is 11.8 Å². The summed E-state index contributed by atoms with van der Waals surface area (Å²) in [6.07, 6.45) is 5.95. The van der Waals surface area contributed by atoms with E-state index in [9.17, 15) is 19.2 Å². The SMILES string of the molecule is CCCN(CCC)C(=O)CN1C(=O)N(CCCCCC(=O)Nc2ccccc2)C(=O)C2SC=CC21. The first-order chi connectivity index (χ1) is 17.0. The number of benzene rings is 1. The van der Waals surface area contributed by atoms with E-state index < -0.39 is 11.3 Å². The van der Waals surface area contributed by atoms with Crippen molar-refractivity contribution in [1.29, 1.82) is 0 Å². The molecule has 2 heterocycles. The molecule has 0 aliphatic carbocycles. The van der Waals surface area contributed by atoms with E-state index in [-0.39, 0.29) is 30.3 Å². The maximum Gasteiger partial charge on any atom is 0.327 e. The third-order valence-corrected chi connectivity index (χ3v) is 7.23. The Balaban J connectivity index is 1.52. The Morgan fingerprint density at radius 2 is 1.74 bits per heavy atom. The molecule has 0 radical (unpaired) electrons. The average molecular weight is 501 g/mol. The molecule has 2 aliphatic heterocycles. The van der Waals surface area contributed by atoms with Crippen LogP contribution in [0, 0.1) is 0 Å². The van der Waals surface area contributed by atoms with Crippen LogP contribution in [0.3, 0.4) is 0 Å². The van der Waals surface area contributed by atoms with Crippen molar-refractivity contribution in [2.45, 2.75) is 63.7 Å². The van der Waals surface area contributed by atoms with Gasteiger partial charge in [-0.25, -0.2) is 4.79 Å². The number of thioether (sulfide) groups is 1. The topological polar surface area (TPSA) is 90.0 Å². The molecule has 0 bridgehead atoms. The minimum Gasteiger partial charge on any atom is -0.341 e. The summed E-state index contributed by atoms with van der Waals surface area (Å²) >= 11 is 1.40. The molecule has 8 nitrogen and oxygen atoms in total. The number of hydrogen-bond acceptors (Lipinski definition) is 5. The van der Waals surface area contributed by atoms with Crippen molar-refractivity contribution in [3.05, 3.63) is 41.8 Å². The summed E-state index contributed by atoms with van der Waals surface area (Å²) in [5.41, 5.74) is 0.769. The number of nitrogens with one attached hydrogen (secondary N) is 1. The van der Waals surface area contributed by atoms with E-state index in [4.69, 9.17) is 0 Å². The molecule has 1 aromatic rings. The fraction of sp³-hybridized carbons (Fsp3) is 0.538. The first-order valence-electron chi connectivity index (χ1n) is 12.5. The Labute approximate surface area is 212 Å². The second kappa shape index (κ2) is 13.3. The lowest BCUT2D eigenvalue weighted by atomic mass is 10.1. The van der Waals surface area contributed by atoms with Gasteiger partial charge in [-0.05, 0) is 43.2 Å². The van der Waals surface area contributed by atoms with Crippen LogP contribution in [0.15, 0.2) is 41.8 Å². The van der Waals surface area contributed by atoms with Gasteiger partial charge in [-0.3, -0.25) is 19.3 Å². The molecule has 1 N–H and O–H groups in total. The van der Waals surface area contributed by atoms with E-state index in [0.717, 1.165) is 24.9 Å². The highest BCUT2D eigenvalue weighted by Gasteiger charge is 2.47. The molecule has 5 amide bonds. The predicted octanol–water partition coefficient (Wildman–Crippen LogP) is 4.10. The molecular formula is C26H36N4O4S. The van der Waals surface area contributed by atoms with E-state index in [0.29, 0.717) is 38.9 Å². The summed E-state index contributed by atoms with van der Waals surface area (Å²) in [5.74, 6) is -0.324. The predicted molar refractivity (Wildman–Crippen MR) is 139 cm³/mol. The van der Waals surface area contributed by atoms with Crippen molar-refractivity contribution < 1.29 is 19.2 Å². The number of rotatable bonds is 13. The lowest BCUT2D eigenvalue weighted by Gasteiger charge is -2.41. The van der Waals surface area contributed by atoms with Crippen molar-refractivity contribution >= 4 is 41.2 Å². The number of urea groups is 1. The van der Waals surface area contributed by atoms with Gasteiger partial charge in [0.25, 0.3) is 0 Å². The number of carbonyl (C=O) groups is 4. The minimum atomic E-state index is -0.400. The van der Waals surface area contributed by atoms with Gasteiger partial charge >= 0.3 is 6.03 Å². The largest absolute Gasteiger partial charge is 0.341 e. The summed E-state index contributed by atoms with van der Waals surface area (Å²) < 4.78 is 0. The molecule has 1 saturated heterocycles. The van der Waals surface area contributed by atoms with Gasteiger partial charge in [0.2, 0.25) is 17.7 Å². The van der Waals surface area contributed by atoms with Gasteiger partial charge in [0.15, 0.2) is 0 Å².